The number of carbonyl (C=O) groups excluding carboxylic acids is 1. The van der Waals surface area contributed by atoms with Gasteiger partial charge in [0.1, 0.15) is 12.4 Å². The number of hydrogen-bond donors (Lipinski definition) is 0. The summed E-state index contributed by atoms with van der Waals surface area (Å²) in [4.78, 5) is 24.9. The van der Waals surface area contributed by atoms with Crippen molar-refractivity contribution >= 4 is 27.3 Å². The average Bonchev–Trinajstić information content (AvgIpc) is 3.03. The first kappa shape index (κ1) is 17.2. The molecule has 27 heavy (non-hydrogen) atoms. The van der Waals surface area contributed by atoms with E-state index in [0.717, 1.165) is 21.6 Å². The van der Waals surface area contributed by atoms with Gasteiger partial charge >= 0.3 is 4.87 Å². The third kappa shape index (κ3) is 3.68. The van der Waals surface area contributed by atoms with Gasteiger partial charge in [0.05, 0.1) is 16.8 Å². The number of nitrogens with zero attached hydrogens (tertiary/aromatic N) is 1. The van der Waals surface area contributed by atoms with Crippen molar-refractivity contribution in [2.24, 2.45) is 0 Å². The molecule has 0 fully saturated rings. The van der Waals surface area contributed by atoms with E-state index in [4.69, 9.17) is 4.74 Å². The predicted molar refractivity (Wildman–Crippen MR) is 107 cm³/mol. The standard InChI is InChI=1S/C22H16NO3S/c24-21(16-7-3-1-4-8-16)17-11-12-19-20(15-17)27-22(25)23(19)13-14-26-18-9-5-2-6-10-18/h1-9,11-12,15H,13-14H2. The van der Waals surface area contributed by atoms with Gasteiger partial charge in [-0.1, -0.05) is 59.9 Å². The van der Waals surface area contributed by atoms with Crippen LogP contribution < -0.4 is 9.61 Å². The fraction of sp³-hybridized carbons (Fsp3) is 0.0909. The first-order valence-electron chi connectivity index (χ1n) is 8.55. The zero-order valence-electron chi connectivity index (χ0n) is 14.4. The Hall–Kier alpha value is -3.18. The monoisotopic (exact) mass is 374 g/mol. The van der Waals surface area contributed by atoms with Gasteiger partial charge in [0.25, 0.3) is 0 Å². The first-order valence-corrected chi connectivity index (χ1v) is 9.37. The summed E-state index contributed by atoms with van der Waals surface area (Å²) in [6.07, 6.45) is 0. The number of aromatic nitrogens is 1. The van der Waals surface area contributed by atoms with E-state index in [2.05, 4.69) is 6.07 Å². The molecule has 3 aromatic carbocycles. The van der Waals surface area contributed by atoms with Crippen LogP contribution in [0.5, 0.6) is 5.75 Å². The summed E-state index contributed by atoms with van der Waals surface area (Å²) in [5, 5.41) is 0. The highest BCUT2D eigenvalue weighted by Crippen LogP contribution is 2.21. The fourth-order valence-electron chi connectivity index (χ4n) is 2.89. The molecular weight excluding hydrogens is 358 g/mol. The topological polar surface area (TPSA) is 48.3 Å². The van der Waals surface area contributed by atoms with E-state index < -0.39 is 0 Å². The van der Waals surface area contributed by atoms with Gasteiger partial charge in [-0.05, 0) is 24.3 Å². The summed E-state index contributed by atoms with van der Waals surface area (Å²) >= 11 is 1.14. The van der Waals surface area contributed by atoms with Crippen molar-refractivity contribution in [3.05, 3.63) is 99.7 Å². The quantitative estimate of drug-likeness (QED) is 0.476. The molecule has 0 aliphatic rings. The van der Waals surface area contributed by atoms with Crippen LogP contribution in [0.2, 0.25) is 0 Å². The normalized spacial score (nSPS) is 10.8. The van der Waals surface area contributed by atoms with Crippen molar-refractivity contribution in [1.29, 1.82) is 0 Å². The molecule has 0 atom stereocenters. The smallest absolute Gasteiger partial charge is 0.308 e. The van der Waals surface area contributed by atoms with E-state index in [0.29, 0.717) is 30.0 Å². The van der Waals surface area contributed by atoms with Gasteiger partial charge in [-0.15, -0.1) is 0 Å². The van der Waals surface area contributed by atoms with Crippen LogP contribution in [-0.2, 0) is 6.54 Å². The van der Waals surface area contributed by atoms with Gasteiger partial charge in [-0.25, -0.2) is 0 Å². The van der Waals surface area contributed by atoms with Crippen LogP contribution in [0, 0.1) is 6.07 Å². The summed E-state index contributed by atoms with van der Waals surface area (Å²) in [5.74, 6) is 0.605. The molecule has 133 valence electrons. The maximum absolute atomic E-state index is 12.6. The Balaban J connectivity index is 1.56. The van der Waals surface area contributed by atoms with Gasteiger partial charge in [0, 0.05) is 17.2 Å². The summed E-state index contributed by atoms with van der Waals surface area (Å²) in [6, 6.07) is 24.9. The minimum Gasteiger partial charge on any atom is -0.491 e. The number of rotatable bonds is 6. The summed E-state index contributed by atoms with van der Waals surface area (Å²) in [6.45, 7) is 0.810. The molecule has 5 heteroatoms. The van der Waals surface area contributed by atoms with Gasteiger partial charge in [-0.3, -0.25) is 14.2 Å². The Bertz CT molecular complexity index is 1130. The molecule has 0 spiro atoms. The molecule has 0 saturated carbocycles. The largest absolute Gasteiger partial charge is 0.491 e. The molecule has 0 amide bonds. The maximum Gasteiger partial charge on any atom is 0.308 e. The van der Waals surface area contributed by atoms with Crippen molar-refractivity contribution in [2.75, 3.05) is 6.61 Å². The van der Waals surface area contributed by atoms with Crippen LogP contribution in [0.25, 0.3) is 10.2 Å². The highest BCUT2D eigenvalue weighted by Gasteiger charge is 2.13. The van der Waals surface area contributed by atoms with Crippen LogP contribution in [0.4, 0.5) is 0 Å². The molecule has 0 unspecified atom stereocenters. The molecule has 4 nitrogen and oxygen atoms in total. The molecule has 0 bridgehead atoms. The van der Waals surface area contributed by atoms with Gasteiger partial charge in [-0.2, -0.15) is 0 Å². The SMILES string of the molecule is O=C(c1ccccc1)c1ccc2c(c1)sc(=O)n2CCOc1[c]cccc1. The molecule has 0 aliphatic carbocycles. The lowest BCUT2D eigenvalue weighted by Gasteiger charge is -2.07. The number of para-hydroxylation sites is 1. The molecule has 0 aliphatic heterocycles. The number of ketones is 1. The number of ether oxygens (including phenoxy) is 1. The maximum atomic E-state index is 12.6. The molecular formula is C22H16NO3S. The van der Waals surface area contributed by atoms with E-state index in [-0.39, 0.29) is 10.7 Å². The second-order valence-corrected chi connectivity index (χ2v) is 6.97. The Morgan fingerprint density at radius 2 is 1.81 bits per heavy atom. The Kier molecular flexibility index (Phi) is 4.85. The van der Waals surface area contributed by atoms with Crippen LogP contribution in [0.15, 0.2) is 77.6 Å². The first-order chi connectivity index (χ1) is 13.2. The Labute approximate surface area is 160 Å². The lowest BCUT2D eigenvalue weighted by molar-refractivity contribution is 0.103. The minimum absolute atomic E-state index is 0.0483. The van der Waals surface area contributed by atoms with Crippen LogP contribution in [0.3, 0.4) is 0 Å². The molecule has 4 aromatic rings. The fourth-order valence-corrected chi connectivity index (χ4v) is 3.85. The number of benzene rings is 3. The number of fused-ring (bicyclic) bond motifs is 1. The van der Waals surface area contributed by atoms with Gasteiger partial charge in [0.2, 0.25) is 0 Å². The molecule has 0 N–H and O–H groups in total. The summed E-state index contributed by atoms with van der Waals surface area (Å²) in [7, 11) is 0. The van der Waals surface area contributed by atoms with E-state index in [1.165, 1.54) is 0 Å². The minimum atomic E-state index is -0.0602. The van der Waals surface area contributed by atoms with Gasteiger partial charge < -0.3 is 4.74 Å². The van der Waals surface area contributed by atoms with Gasteiger partial charge in [0.15, 0.2) is 5.78 Å². The molecule has 4 rings (SSSR count). The third-order valence-electron chi connectivity index (χ3n) is 4.22. The van der Waals surface area contributed by atoms with Crippen LogP contribution in [0.1, 0.15) is 15.9 Å². The molecule has 1 heterocycles. The van der Waals surface area contributed by atoms with Crippen molar-refractivity contribution in [3.63, 3.8) is 0 Å². The number of thiazole rings is 1. The molecule has 1 radical (unpaired) electrons. The zero-order chi connectivity index (χ0) is 18.6. The van der Waals surface area contributed by atoms with Crippen LogP contribution >= 0.6 is 11.3 Å². The predicted octanol–water partition coefficient (Wildman–Crippen LogP) is 4.17. The highest BCUT2D eigenvalue weighted by atomic mass is 32.1. The zero-order valence-corrected chi connectivity index (χ0v) is 15.2. The number of hydrogen-bond acceptors (Lipinski definition) is 4. The third-order valence-corrected chi connectivity index (χ3v) is 5.16. The summed E-state index contributed by atoms with van der Waals surface area (Å²) < 4.78 is 8.12. The second kappa shape index (κ2) is 7.60. The molecule has 0 saturated heterocycles. The van der Waals surface area contributed by atoms with E-state index in [9.17, 15) is 9.59 Å². The Morgan fingerprint density at radius 1 is 1.00 bits per heavy atom. The highest BCUT2D eigenvalue weighted by molar-refractivity contribution is 7.16. The lowest BCUT2D eigenvalue weighted by atomic mass is 10.0. The van der Waals surface area contributed by atoms with Crippen molar-refractivity contribution in [3.8, 4) is 5.75 Å². The Morgan fingerprint density at radius 3 is 2.59 bits per heavy atom. The number of carbonyl (C=O) groups is 1. The summed E-state index contributed by atoms with van der Waals surface area (Å²) in [5.41, 5.74) is 2.03. The molecule has 1 aromatic heterocycles. The van der Waals surface area contributed by atoms with E-state index in [1.54, 1.807) is 34.9 Å². The van der Waals surface area contributed by atoms with Crippen molar-refractivity contribution < 1.29 is 9.53 Å². The second-order valence-electron chi connectivity index (χ2n) is 5.97. The average molecular weight is 374 g/mol. The lowest BCUT2D eigenvalue weighted by Crippen LogP contribution is -2.17. The van der Waals surface area contributed by atoms with Crippen molar-refractivity contribution in [2.45, 2.75) is 6.54 Å². The van der Waals surface area contributed by atoms with E-state index >= 15 is 0 Å². The van der Waals surface area contributed by atoms with Crippen molar-refractivity contribution in [1.82, 2.24) is 4.57 Å². The van der Waals surface area contributed by atoms with E-state index in [1.807, 2.05) is 42.5 Å². The van der Waals surface area contributed by atoms with Crippen LogP contribution in [-0.4, -0.2) is 17.0 Å².